The Labute approximate surface area is 189 Å². The van der Waals surface area contributed by atoms with E-state index in [4.69, 9.17) is 11.6 Å². The van der Waals surface area contributed by atoms with Crippen LogP contribution in [0, 0.1) is 0 Å². The molecular formula is C25H23ClN2O2S. The van der Waals surface area contributed by atoms with E-state index >= 15 is 0 Å². The smallest absolute Gasteiger partial charge is 0.280 e. The number of rotatable bonds is 4. The molecule has 1 aliphatic carbocycles. The van der Waals surface area contributed by atoms with Gasteiger partial charge in [-0.3, -0.25) is 13.9 Å². The van der Waals surface area contributed by atoms with Gasteiger partial charge in [0.1, 0.15) is 4.83 Å². The maximum atomic E-state index is 13.7. The number of thiophene rings is 1. The molecule has 1 unspecified atom stereocenters. The normalized spacial score (nSPS) is 14.5. The second-order valence-electron chi connectivity index (χ2n) is 8.15. The van der Waals surface area contributed by atoms with Crippen LogP contribution in [0.3, 0.4) is 0 Å². The maximum Gasteiger partial charge on any atom is 0.332 e. The van der Waals surface area contributed by atoms with E-state index in [2.05, 4.69) is 0 Å². The molecule has 2 aromatic carbocycles. The summed E-state index contributed by atoms with van der Waals surface area (Å²) in [6.07, 6.45) is 4.10. The number of hydrogen-bond donors (Lipinski definition) is 0. The Bertz CT molecular complexity index is 1380. The van der Waals surface area contributed by atoms with E-state index in [1.165, 1.54) is 9.44 Å². The molecule has 0 spiro atoms. The number of aryl methyl sites for hydroxylation is 2. The highest BCUT2D eigenvalue weighted by molar-refractivity contribution is 7.18. The number of aromatic nitrogens is 2. The van der Waals surface area contributed by atoms with Gasteiger partial charge in [0.25, 0.3) is 5.56 Å². The summed E-state index contributed by atoms with van der Waals surface area (Å²) in [6, 6.07) is 16.9. The lowest BCUT2D eigenvalue weighted by atomic mass is 9.97. The molecule has 2 heterocycles. The van der Waals surface area contributed by atoms with E-state index in [1.807, 2.05) is 61.5 Å². The summed E-state index contributed by atoms with van der Waals surface area (Å²) in [5, 5.41) is 1.36. The lowest BCUT2D eigenvalue weighted by Crippen LogP contribution is -2.42. The van der Waals surface area contributed by atoms with Crippen molar-refractivity contribution in [2.75, 3.05) is 0 Å². The highest BCUT2D eigenvalue weighted by atomic mass is 35.5. The van der Waals surface area contributed by atoms with Crippen LogP contribution < -0.4 is 11.2 Å². The topological polar surface area (TPSA) is 44.0 Å². The van der Waals surface area contributed by atoms with Gasteiger partial charge >= 0.3 is 5.69 Å². The maximum absolute atomic E-state index is 13.7. The van der Waals surface area contributed by atoms with Gasteiger partial charge in [0, 0.05) is 9.90 Å². The van der Waals surface area contributed by atoms with Crippen LogP contribution in [0.1, 0.15) is 47.4 Å². The SMILES string of the molecule is CC(c1ccccc1)n1c(=O)c2c3c(sc2n(Cc2cccc(Cl)c2)c1=O)CCCC3. The molecule has 0 N–H and O–H groups in total. The number of hydrogen-bond acceptors (Lipinski definition) is 3. The minimum atomic E-state index is -0.352. The molecule has 0 amide bonds. The highest BCUT2D eigenvalue weighted by Crippen LogP contribution is 2.34. The van der Waals surface area contributed by atoms with Crippen molar-refractivity contribution < 1.29 is 0 Å². The molecule has 0 fully saturated rings. The second-order valence-corrected chi connectivity index (χ2v) is 9.67. The molecule has 0 radical (unpaired) electrons. The van der Waals surface area contributed by atoms with Crippen molar-refractivity contribution in [3.63, 3.8) is 0 Å². The van der Waals surface area contributed by atoms with Crippen molar-refractivity contribution >= 4 is 33.2 Å². The standard InChI is InChI=1S/C25H23ClN2O2S/c1-16(18-9-3-2-4-10-18)28-23(29)22-20-12-5-6-13-21(20)31-24(22)27(25(28)30)15-17-8-7-11-19(26)14-17/h2-4,7-11,14,16H,5-6,12-13,15H2,1H3. The molecule has 0 bridgehead atoms. The van der Waals surface area contributed by atoms with Gasteiger partial charge in [-0.1, -0.05) is 54.1 Å². The van der Waals surface area contributed by atoms with Crippen LogP contribution in [0.2, 0.25) is 5.02 Å². The van der Waals surface area contributed by atoms with Gasteiger partial charge in [-0.15, -0.1) is 11.3 Å². The van der Waals surface area contributed by atoms with Crippen LogP contribution in [-0.2, 0) is 19.4 Å². The van der Waals surface area contributed by atoms with Crippen molar-refractivity contribution in [3.05, 3.63) is 102 Å². The monoisotopic (exact) mass is 450 g/mol. The molecule has 6 heteroatoms. The quantitative estimate of drug-likeness (QED) is 0.417. The minimum absolute atomic E-state index is 0.168. The zero-order valence-electron chi connectivity index (χ0n) is 17.3. The van der Waals surface area contributed by atoms with E-state index in [0.717, 1.165) is 52.6 Å². The van der Waals surface area contributed by atoms with Crippen molar-refractivity contribution in [2.45, 2.75) is 45.2 Å². The predicted molar refractivity (Wildman–Crippen MR) is 128 cm³/mol. The molecule has 0 aliphatic heterocycles. The first-order valence-corrected chi connectivity index (χ1v) is 11.8. The largest absolute Gasteiger partial charge is 0.332 e. The summed E-state index contributed by atoms with van der Waals surface area (Å²) in [4.78, 5) is 29.5. The Balaban J connectivity index is 1.79. The Hall–Kier alpha value is -2.63. The Kier molecular flexibility index (Phi) is 5.32. The van der Waals surface area contributed by atoms with Crippen LogP contribution in [0.25, 0.3) is 10.2 Å². The van der Waals surface area contributed by atoms with Crippen molar-refractivity contribution in [3.8, 4) is 0 Å². The molecule has 5 rings (SSSR count). The van der Waals surface area contributed by atoms with Gasteiger partial charge in [0.05, 0.1) is 18.0 Å². The van der Waals surface area contributed by atoms with E-state index in [0.29, 0.717) is 11.6 Å². The van der Waals surface area contributed by atoms with E-state index < -0.39 is 0 Å². The van der Waals surface area contributed by atoms with Crippen molar-refractivity contribution in [1.29, 1.82) is 0 Å². The van der Waals surface area contributed by atoms with Crippen LogP contribution >= 0.6 is 22.9 Å². The molecule has 0 saturated carbocycles. The molecule has 4 aromatic rings. The molecule has 2 aromatic heterocycles. The number of halogens is 1. The van der Waals surface area contributed by atoms with Gasteiger partial charge < -0.3 is 0 Å². The predicted octanol–water partition coefficient (Wildman–Crippen LogP) is 5.41. The van der Waals surface area contributed by atoms with Gasteiger partial charge in [0.2, 0.25) is 0 Å². The summed E-state index contributed by atoms with van der Waals surface area (Å²) in [6.45, 7) is 2.31. The third kappa shape index (κ3) is 3.56. The van der Waals surface area contributed by atoms with Crippen LogP contribution in [-0.4, -0.2) is 9.13 Å². The fraction of sp³-hybridized carbons (Fsp3) is 0.280. The average Bonchev–Trinajstić information content (AvgIpc) is 3.17. The minimum Gasteiger partial charge on any atom is -0.280 e. The summed E-state index contributed by atoms with van der Waals surface area (Å²) in [5.74, 6) is 0. The lowest BCUT2D eigenvalue weighted by Gasteiger charge is -2.18. The van der Waals surface area contributed by atoms with Crippen LogP contribution in [0.4, 0.5) is 0 Å². The fourth-order valence-corrected chi connectivity index (χ4v) is 6.15. The molecule has 0 saturated heterocycles. The van der Waals surface area contributed by atoms with Crippen LogP contribution in [0.5, 0.6) is 0 Å². The summed E-state index contributed by atoms with van der Waals surface area (Å²) in [5.41, 5.74) is 2.59. The number of nitrogens with zero attached hydrogens (tertiary/aromatic N) is 2. The first-order valence-electron chi connectivity index (χ1n) is 10.6. The third-order valence-electron chi connectivity index (χ3n) is 6.17. The Morgan fingerprint density at radius 2 is 1.81 bits per heavy atom. The zero-order chi connectivity index (χ0) is 21.5. The Morgan fingerprint density at radius 1 is 1.03 bits per heavy atom. The number of fused-ring (bicyclic) bond motifs is 3. The highest BCUT2D eigenvalue weighted by Gasteiger charge is 2.25. The van der Waals surface area contributed by atoms with Gasteiger partial charge in [-0.25, -0.2) is 4.79 Å². The molecule has 1 aliphatic rings. The zero-order valence-corrected chi connectivity index (χ0v) is 18.9. The van der Waals surface area contributed by atoms with Gasteiger partial charge in [0.15, 0.2) is 0 Å². The van der Waals surface area contributed by atoms with Crippen molar-refractivity contribution in [1.82, 2.24) is 9.13 Å². The third-order valence-corrected chi connectivity index (χ3v) is 7.72. The van der Waals surface area contributed by atoms with Gasteiger partial charge in [-0.05, 0) is 61.4 Å². The van der Waals surface area contributed by atoms with E-state index in [1.54, 1.807) is 15.9 Å². The van der Waals surface area contributed by atoms with Crippen LogP contribution in [0.15, 0.2) is 64.2 Å². The van der Waals surface area contributed by atoms with E-state index in [-0.39, 0.29) is 17.3 Å². The first-order chi connectivity index (χ1) is 15.0. The molecule has 1 atom stereocenters. The van der Waals surface area contributed by atoms with Crippen molar-refractivity contribution in [2.24, 2.45) is 0 Å². The summed E-state index contributed by atoms with van der Waals surface area (Å²) >= 11 is 7.81. The summed E-state index contributed by atoms with van der Waals surface area (Å²) in [7, 11) is 0. The lowest BCUT2D eigenvalue weighted by molar-refractivity contribution is 0.551. The van der Waals surface area contributed by atoms with E-state index in [9.17, 15) is 9.59 Å². The van der Waals surface area contributed by atoms with Gasteiger partial charge in [-0.2, -0.15) is 0 Å². The molecule has 4 nitrogen and oxygen atoms in total. The average molecular weight is 451 g/mol. The molecule has 31 heavy (non-hydrogen) atoms. The first kappa shape index (κ1) is 20.3. The summed E-state index contributed by atoms with van der Waals surface area (Å²) < 4.78 is 3.20. The molecular weight excluding hydrogens is 428 g/mol. The Morgan fingerprint density at radius 3 is 2.58 bits per heavy atom. The number of benzene rings is 2. The fourth-order valence-electron chi connectivity index (χ4n) is 4.57. The molecule has 158 valence electrons. The second kappa shape index (κ2) is 8.13.